The van der Waals surface area contributed by atoms with Crippen LogP contribution in [-0.2, 0) is 5.75 Å². The average Bonchev–Trinajstić information content (AvgIpc) is 2.61. The molecule has 0 amide bonds. The lowest BCUT2D eigenvalue weighted by molar-refractivity contribution is 0.109. The summed E-state index contributed by atoms with van der Waals surface area (Å²) in [4.78, 5) is 10.3. The highest BCUT2D eigenvalue weighted by molar-refractivity contribution is 7.99. The fourth-order valence-electron chi connectivity index (χ4n) is 0.878. The van der Waals surface area contributed by atoms with Crippen LogP contribution in [0.25, 0.3) is 0 Å². The summed E-state index contributed by atoms with van der Waals surface area (Å²) in [5.74, 6) is 2.15. The van der Waals surface area contributed by atoms with Gasteiger partial charge in [-0.3, -0.25) is 4.79 Å². The predicted molar refractivity (Wildman–Crippen MR) is 55.1 cm³/mol. The van der Waals surface area contributed by atoms with E-state index in [0.29, 0.717) is 11.0 Å². The first-order valence-electron chi connectivity index (χ1n) is 4.41. The molecule has 0 aliphatic heterocycles. The zero-order valence-corrected chi connectivity index (χ0v) is 8.76. The minimum atomic E-state index is 0.416. The Morgan fingerprint density at radius 2 is 2.38 bits per heavy atom. The molecule has 72 valence electrons. The molecule has 1 aromatic heterocycles. The van der Waals surface area contributed by atoms with Gasteiger partial charge in [-0.05, 0) is 18.6 Å². The number of thioether (sulfide) groups is 1. The van der Waals surface area contributed by atoms with E-state index in [4.69, 9.17) is 4.42 Å². The summed E-state index contributed by atoms with van der Waals surface area (Å²) in [5.41, 5.74) is 0. The van der Waals surface area contributed by atoms with Gasteiger partial charge >= 0.3 is 0 Å². The van der Waals surface area contributed by atoms with Crippen molar-refractivity contribution >= 4 is 18.0 Å². The SMILES string of the molecule is CCC(C)SCc1ccc(C=O)o1. The first kappa shape index (κ1) is 10.4. The molecule has 1 rings (SSSR count). The minimum Gasteiger partial charge on any atom is -0.457 e. The summed E-state index contributed by atoms with van der Waals surface area (Å²) in [6.07, 6.45) is 1.89. The molecule has 0 aliphatic rings. The average molecular weight is 198 g/mol. The molecule has 0 saturated heterocycles. The van der Waals surface area contributed by atoms with E-state index in [1.807, 2.05) is 17.8 Å². The monoisotopic (exact) mass is 198 g/mol. The third-order valence-electron chi connectivity index (χ3n) is 1.88. The van der Waals surface area contributed by atoms with E-state index in [-0.39, 0.29) is 0 Å². The van der Waals surface area contributed by atoms with Gasteiger partial charge in [0.25, 0.3) is 0 Å². The predicted octanol–water partition coefficient (Wildman–Crippen LogP) is 3.12. The molecule has 1 unspecified atom stereocenters. The topological polar surface area (TPSA) is 30.2 Å². The van der Waals surface area contributed by atoms with E-state index in [1.54, 1.807) is 6.07 Å². The highest BCUT2D eigenvalue weighted by atomic mass is 32.2. The van der Waals surface area contributed by atoms with Gasteiger partial charge in [-0.1, -0.05) is 13.8 Å². The van der Waals surface area contributed by atoms with Crippen molar-refractivity contribution < 1.29 is 9.21 Å². The van der Waals surface area contributed by atoms with Gasteiger partial charge in [0.05, 0.1) is 5.75 Å². The lowest BCUT2D eigenvalue weighted by Gasteiger charge is -2.05. The summed E-state index contributed by atoms with van der Waals surface area (Å²) in [6.45, 7) is 4.35. The van der Waals surface area contributed by atoms with Crippen molar-refractivity contribution in [1.29, 1.82) is 0 Å². The van der Waals surface area contributed by atoms with E-state index in [0.717, 1.165) is 24.2 Å². The molecule has 0 fully saturated rings. The molecule has 0 spiro atoms. The van der Waals surface area contributed by atoms with Crippen LogP contribution < -0.4 is 0 Å². The fraction of sp³-hybridized carbons (Fsp3) is 0.500. The Morgan fingerprint density at radius 1 is 1.62 bits per heavy atom. The van der Waals surface area contributed by atoms with E-state index >= 15 is 0 Å². The molecule has 13 heavy (non-hydrogen) atoms. The number of furan rings is 1. The Morgan fingerprint density at radius 3 is 2.92 bits per heavy atom. The van der Waals surface area contributed by atoms with Gasteiger partial charge in [0.1, 0.15) is 5.76 Å². The van der Waals surface area contributed by atoms with Crippen molar-refractivity contribution in [2.45, 2.75) is 31.3 Å². The molecule has 0 saturated carbocycles. The first-order valence-corrected chi connectivity index (χ1v) is 5.46. The van der Waals surface area contributed by atoms with Crippen LogP contribution in [0, 0.1) is 0 Å². The van der Waals surface area contributed by atoms with Crippen LogP contribution in [0.15, 0.2) is 16.5 Å². The van der Waals surface area contributed by atoms with Gasteiger partial charge in [0.15, 0.2) is 12.0 Å². The number of rotatable bonds is 5. The van der Waals surface area contributed by atoms with Crippen molar-refractivity contribution in [2.24, 2.45) is 0 Å². The van der Waals surface area contributed by atoms with Gasteiger partial charge in [-0.15, -0.1) is 0 Å². The highest BCUT2D eigenvalue weighted by Gasteiger charge is 2.03. The second-order valence-electron chi connectivity index (χ2n) is 2.95. The van der Waals surface area contributed by atoms with Crippen LogP contribution in [0.5, 0.6) is 0 Å². The number of carbonyl (C=O) groups is 1. The van der Waals surface area contributed by atoms with Gasteiger partial charge in [-0.25, -0.2) is 0 Å². The Hall–Kier alpha value is -0.700. The minimum absolute atomic E-state index is 0.416. The second-order valence-corrected chi connectivity index (χ2v) is 4.38. The molecule has 2 nitrogen and oxygen atoms in total. The van der Waals surface area contributed by atoms with E-state index < -0.39 is 0 Å². The van der Waals surface area contributed by atoms with Gasteiger partial charge in [0, 0.05) is 5.25 Å². The molecule has 3 heteroatoms. The van der Waals surface area contributed by atoms with Crippen LogP contribution in [0.3, 0.4) is 0 Å². The molecular weight excluding hydrogens is 184 g/mol. The molecule has 1 atom stereocenters. The highest BCUT2D eigenvalue weighted by Crippen LogP contribution is 2.20. The Labute approximate surface area is 82.7 Å². The van der Waals surface area contributed by atoms with Crippen LogP contribution in [0.4, 0.5) is 0 Å². The van der Waals surface area contributed by atoms with Gasteiger partial charge in [-0.2, -0.15) is 11.8 Å². The van der Waals surface area contributed by atoms with Gasteiger partial charge < -0.3 is 4.42 Å². The fourth-order valence-corrected chi connectivity index (χ4v) is 1.72. The Kier molecular flexibility index (Phi) is 4.09. The van der Waals surface area contributed by atoms with Crippen molar-refractivity contribution in [3.05, 3.63) is 23.7 Å². The molecule has 0 N–H and O–H groups in total. The van der Waals surface area contributed by atoms with Crippen LogP contribution >= 0.6 is 11.8 Å². The smallest absolute Gasteiger partial charge is 0.185 e. The van der Waals surface area contributed by atoms with E-state index in [9.17, 15) is 4.79 Å². The van der Waals surface area contributed by atoms with Crippen molar-refractivity contribution in [3.63, 3.8) is 0 Å². The number of hydrogen-bond donors (Lipinski definition) is 0. The zero-order chi connectivity index (χ0) is 9.68. The molecule has 1 heterocycles. The summed E-state index contributed by atoms with van der Waals surface area (Å²) in [5, 5.41) is 0.643. The number of aldehydes is 1. The summed E-state index contributed by atoms with van der Waals surface area (Å²) >= 11 is 1.84. The van der Waals surface area contributed by atoms with E-state index in [2.05, 4.69) is 13.8 Å². The van der Waals surface area contributed by atoms with Crippen molar-refractivity contribution in [1.82, 2.24) is 0 Å². The second kappa shape index (κ2) is 5.12. The lowest BCUT2D eigenvalue weighted by Crippen LogP contribution is -1.92. The van der Waals surface area contributed by atoms with Crippen LogP contribution in [0.1, 0.15) is 36.6 Å². The maximum atomic E-state index is 10.3. The van der Waals surface area contributed by atoms with Gasteiger partial charge in [0.2, 0.25) is 0 Å². The van der Waals surface area contributed by atoms with Crippen molar-refractivity contribution in [3.8, 4) is 0 Å². The lowest BCUT2D eigenvalue weighted by atomic mass is 10.4. The first-order chi connectivity index (χ1) is 6.26. The molecule has 0 radical (unpaired) electrons. The van der Waals surface area contributed by atoms with Crippen LogP contribution in [-0.4, -0.2) is 11.5 Å². The third-order valence-corrected chi connectivity index (χ3v) is 3.24. The molecule has 0 aromatic carbocycles. The summed E-state index contributed by atoms with van der Waals surface area (Å²) in [6, 6.07) is 3.57. The largest absolute Gasteiger partial charge is 0.457 e. The quantitative estimate of drug-likeness (QED) is 0.681. The molecule has 0 aliphatic carbocycles. The maximum Gasteiger partial charge on any atom is 0.185 e. The molecular formula is C10H14O2S. The van der Waals surface area contributed by atoms with Crippen molar-refractivity contribution in [2.75, 3.05) is 0 Å². The number of carbonyl (C=O) groups excluding carboxylic acids is 1. The third kappa shape index (κ3) is 3.27. The summed E-state index contributed by atoms with van der Waals surface area (Å²) < 4.78 is 5.24. The number of hydrogen-bond acceptors (Lipinski definition) is 3. The van der Waals surface area contributed by atoms with Crippen LogP contribution in [0.2, 0.25) is 0 Å². The summed E-state index contributed by atoms with van der Waals surface area (Å²) in [7, 11) is 0. The Balaban J connectivity index is 2.40. The standard InChI is InChI=1S/C10H14O2S/c1-3-8(2)13-7-10-5-4-9(6-11)12-10/h4-6,8H,3,7H2,1-2H3. The maximum absolute atomic E-state index is 10.3. The molecule has 1 aromatic rings. The zero-order valence-electron chi connectivity index (χ0n) is 7.95. The molecule has 0 bridgehead atoms. The Bertz CT molecular complexity index is 268. The normalized spacial score (nSPS) is 12.8. The van der Waals surface area contributed by atoms with E-state index in [1.165, 1.54) is 0 Å².